The van der Waals surface area contributed by atoms with E-state index < -0.39 is 0 Å². The first-order chi connectivity index (χ1) is 9.78. The van der Waals surface area contributed by atoms with Crippen LogP contribution in [0.3, 0.4) is 0 Å². The Labute approximate surface area is 121 Å². The summed E-state index contributed by atoms with van der Waals surface area (Å²) in [6.45, 7) is 10.3. The van der Waals surface area contributed by atoms with Crippen LogP contribution in [0.4, 0.5) is 0 Å². The third-order valence-electron chi connectivity index (χ3n) is 3.56. The fourth-order valence-corrected chi connectivity index (χ4v) is 2.42. The summed E-state index contributed by atoms with van der Waals surface area (Å²) in [7, 11) is 0. The Bertz CT molecular complexity index is 524. The maximum absolute atomic E-state index is 4.62. The fourth-order valence-electron chi connectivity index (χ4n) is 2.42. The summed E-state index contributed by atoms with van der Waals surface area (Å²) in [5.41, 5.74) is 3.80. The second-order valence-corrected chi connectivity index (χ2v) is 5.10. The molecular formula is C16H26N4. The van der Waals surface area contributed by atoms with Crippen LogP contribution in [0, 0.1) is 0 Å². The molecule has 0 atom stereocenters. The van der Waals surface area contributed by atoms with Gasteiger partial charge >= 0.3 is 0 Å². The summed E-state index contributed by atoms with van der Waals surface area (Å²) in [6, 6.07) is 6.54. The van der Waals surface area contributed by atoms with E-state index in [1.807, 2.05) is 0 Å². The van der Waals surface area contributed by atoms with Crippen LogP contribution in [0.1, 0.15) is 44.3 Å². The SMILES string of the molecule is CCCNCc1cccn1Cc1cc(CC)nn1CC. The lowest BCUT2D eigenvalue weighted by molar-refractivity contribution is 0.577. The predicted octanol–water partition coefficient (Wildman–Crippen LogP) is 2.81. The molecule has 2 rings (SSSR count). The van der Waals surface area contributed by atoms with Crippen LogP contribution >= 0.6 is 0 Å². The van der Waals surface area contributed by atoms with Crippen molar-refractivity contribution in [3.8, 4) is 0 Å². The molecule has 2 aromatic heterocycles. The highest BCUT2D eigenvalue weighted by Crippen LogP contribution is 2.11. The molecule has 0 radical (unpaired) electrons. The molecule has 0 saturated carbocycles. The maximum atomic E-state index is 4.62. The maximum Gasteiger partial charge on any atom is 0.0642 e. The summed E-state index contributed by atoms with van der Waals surface area (Å²) in [6.07, 6.45) is 4.32. The minimum atomic E-state index is 0.900. The van der Waals surface area contributed by atoms with E-state index in [1.54, 1.807) is 0 Å². The Kier molecular flexibility index (Phi) is 5.41. The summed E-state index contributed by atoms with van der Waals surface area (Å²) in [5.74, 6) is 0. The van der Waals surface area contributed by atoms with Gasteiger partial charge in [-0.1, -0.05) is 13.8 Å². The molecule has 1 N–H and O–H groups in total. The molecule has 0 aliphatic rings. The van der Waals surface area contributed by atoms with Gasteiger partial charge in [0, 0.05) is 25.0 Å². The van der Waals surface area contributed by atoms with Crippen molar-refractivity contribution in [2.75, 3.05) is 6.54 Å². The zero-order valence-corrected chi connectivity index (χ0v) is 12.9. The van der Waals surface area contributed by atoms with Crippen molar-refractivity contribution < 1.29 is 0 Å². The molecule has 20 heavy (non-hydrogen) atoms. The van der Waals surface area contributed by atoms with Crippen LogP contribution in [0.15, 0.2) is 24.4 Å². The average molecular weight is 274 g/mol. The van der Waals surface area contributed by atoms with Gasteiger partial charge in [-0.05, 0) is 44.5 Å². The Morgan fingerprint density at radius 3 is 2.75 bits per heavy atom. The van der Waals surface area contributed by atoms with E-state index >= 15 is 0 Å². The third kappa shape index (κ3) is 3.51. The number of hydrogen-bond donors (Lipinski definition) is 1. The van der Waals surface area contributed by atoms with E-state index in [4.69, 9.17) is 0 Å². The van der Waals surface area contributed by atoms with Gasteiger partial charge in [0.25, 0.3) is 0 Å². The number of aryl methyl sites for hydroxylation is 2. The van der Waals surface area contributed by atoms with E-state index in [2.05, 4.69) is 64.8 Å². The van der Waals surface area contributed by atoms with E-state index in [0.717, 1.165) is 32.6 Å². The first-order valence-corrected chi connectivity index (χ1v) is 7.68. The van der Waals surface area contributed by atoms with E-state index in [9.17, 15) is 0 Å². The van der Waals surface area contributed by atoms with Crippen LogP contribution in [-0.4, -0.2) is 20.9 Å². The quantitative estimate of drug-likeness (QED) is 0.751. The van der Waals surface area contributed by atoms with Crippen LogP contribution in [0.5, 0.6) is 0 Å². The number of hydrogen-bond acceptors (Lipinski definition) is 2. The van der Waals surface area contributed by atoms with E-state index in [1.165, 1.54) is 23.5 Å². The first kappa shape index (κ1) is 14.9. The molecule has 110 valence electrons. The van der Waals surface area contributed by atoms with Crippen molar-refractivity contribution in [2.45, 2.75) is 53.2 Å². The monoisotopic (exact) mass is 274 g/mol. The van der Waals surface area contributed by atoms with Crippen LogP contribution in [0.2, 0.25) is 0 Å². The fraction of sp³-hybridized carbons (Fsp3) is 0.562. The van der Waals surface area contributed by atoms with Gasteiger partial charge in [0.2, 0.25) is 0 Å². The molecule has 0 aliphatic carbocycles. The van der Waals surface area contributed by atoms with Crippen LogP contribution < -0.4 is 5.32 Å². The average Bonchev–Trinajstić information content (AvgIpc) is 3.06. The lowest BCUT2D eigenvalue weighted by atomic mass is 10.3. The third-order valence-corrected chi connectivity index (χ3v) is 3.56. The largest absolute Gasteiger partial charge is 0.344 e. The summed E-state index contributed by atoms with van der Waals surface area (Å²) < 4.78 is 4.42. The zero-order valence-electron chi connectivity index (χ0n) is 12.9. The zero-order chi connectivity index (χ0) is 14.4. The number of rotatable bonds is 8. The predicted molar refractivity (Wildman–Crippen MR) is 82.8 cm³/mol. The lowest BCUT2D eigenvalue weighted by Gasteiger charge is -2.11. The van der Waals surface area contributed by atoms with Gasteiger partial charge in [0.1, 0.15) is 0 Å². The Morgan fingerprint density at radius 1 is 1.20 bits per heavy atom. The molecule has 0 aromatic carbocycles. The smallest absolute Gasteiger partial charge is 0.0642 e. The number of nitrogens with one attached hydrogen (secondary N) is 1. The number of nitrogens with zero attached hydrogens (tertiary/aromatic N) is 3. The Morgan fingerprint density at radius 2 is 2.05 bits per heavy atom. The molecular weight excluding hydrogens is 248 g/mol. The van der Waals surface area contributed by atoms with Gasteiger partial charge in [0.05, 0.1) is 17.9 Å². The molecule has 2 heterocycles. The van der Waals surface area contributed by atoms with Crippen molar-refractivity contribution in [1.82, 2.24) is 19.7 Å². The van der Waals surface area contributed by atoms with Crippen molar-refractivity contribution in [2.24, 2.45) is 0 Å². The van der Waals surface area contributed by atoms with Gasteiger partial charge in [-0.25, -0.2) is 0 Å². The second kappa shape index (κ2) is 7.29. The van der Waals surface area contributed by atoms with Gasteiger partial charge in [-0.2, -0.15) is 5.10 Å². The van der Waals surface area contributed by atoms with E-state index in [-0.39, 0.29) is 0 Å². The van der Waals surface area contributed by atoms with E-state index in [0.29, 0.717) is 0 Å². The molecule has 2 aromatic rings. The van der Waals surface area contributed by atoms with Crippen molar-refractivity contribution >= 4 is 0 Å². The van der Waals surface area contributed by atoms with Gasteiger partial charge in [-0.3, -0.25) is 4.68 Å². The van der Waals surface area contributed by atoms with Crippen LogP contribution in [-0.2, 0) is 26.1 Å². The minimum Gasteiger partial charge on any atom is -0.344 e. The highest BCUT2D eigenvalue weighted by Gasteiger charge is 2.08. The topological polar surface area (TPSA) is 34.8 Å². The molecule has 4 nitrogen and oxygen atoms in total. The summed E-state index contributed by atoms with van der Waals surface area (Å²) >= 11 is 0. The van der Waals surface area contributed by atoms with Crippen LogP contribution in [0.25, 0.3) is 0 Å². The molecule has 0 bridgehead atoms. The van der Waals surface area contributed by atoms with Gasteiger partial charge in [-0.15, -0.1) is 0 Å². The molecule has 4 heteroatoms. The summed E-state index contributed by atoms with van der Waals surface area (Å²) in [5, 5.41) is 8.09. The second-order valence-electron chi connectivity index (χ2n) is 5.10. The van der Waals surface area contributed by atoms with Crippen molar-refractivity contribution in [3.05, 3.63) is 41.5 Å². The Hall–Kier alpha value is -1.55. The van der Waals surface area contributed by atoms with Crippen molar-refractivity contribution in [1.29, 1.82) is 0 Å². The molecule has 0 aliphatic heterocycles. The van der Waals surface area contributed by atoms with Gasteiger partial charge < -0.3 is 9.88 Å². The molecule has 0 unspecified atom stereocenters. The Balaban J connectivity index is 2.09. The normalized spacial score (nSPS) is 11.2. The molecule has 0 saturated heterocycles. The molecule has 0 spiro atoms. The minimum absolute atomic E-state index is 0.900. The summed E-state index contributed by atoms with van der Waals surface area (Å²) in [4.78, 5) is 0. The molecule has 0 fully saturated rings. The standard InChI is InChI=1S/C16H26N4/c1-4-9-17-12-15-8-7-10-19(15)13-16-11-14(5-2)18-20(16)6-3/h7-8,10-11,17H,4-6,9,12-13H2,1-3H3. The number of aromatic nitrogens is 3. The highest BCUT2D eigenvalue weighted by atomic mass is 15.3. The van der Waals surface area contributed by atoms with Crippen molar-refractivity contribution in [3.63, 3.8) is 0 Å². The first-order valence-electron chi connectivity index (χ1n) is 7.68. The molecule has 0 amide bonds. The van der Waals surface area contributed by atoms with Gasteiger partial charge in [0.15, 0.2) is 0 Å². The lowest BCUT2D eigenvalue weighted by Crippen LogP contribution is -2.17. The highest BCUT2D eigenvalue weighted by molar-refractivity contribution is 5.14.